The third-order valence-corrected chi connectivity index (χ3v) is 3.83. The summed E-state index contributed by atoms with van der Waals surface area (Å²) < 4.78 is 11.4. The van der Waals surface area contributed by atoms with Crippen LogP contribution in [0.25, 0.3) is 0 Å². The Kier molecular flexibility index (Phi) is 4.41. The van der Waals surface area contributed by atoms with Gasteiger partial charge >= 0.3 is 5.97 Å². The van der Waals surface area contributed by atoms with Gasteiger partial charge in [0, 0.05) is 0 Å². The first-order valence-corrected chi connectivity index (χ1v) is 6.91. The number of hydrogen-bond donors (Lipinski definition) is 0. The maximum atomic E-state index is 11.3. The third kappa shape index (κ3) is 3.20. The van der Waals surface area contributed by atoms with Gasteiger partial charge in [-0.3, -0.25) is 4.79 Å². The summed E-state index contributed by atoms with van der Waals surface area (Å²) in [6, 6.07) is 0. The van der Waals surface area contributed by atoms with Gasteiger partial charge in [-0.2, -0.15) is 0 Å². The van der Waals surface area contributed by atoms with E-state index in [2.05, 4.69) is 29.8 Å². The van der Waals surface area contributed by atoms with E-state index in [0.29, 0.717) is 0 Å². The zero-order valence-corrected chi connectivity index (χ0v) is 12.1. The van der Waals surface area contributed by atoms with E-state index in [-0.39, 0.29) is 23.0 Å². The van der Waals surface area contributed by atoms with Crippen LogP contribution in [0.15, 0.2) is 0 Å². The molecule has 1 fully saturated rings. The number of carbonyl (C=O) groups is 1. The van der Waals surface area contributed by atoms with Crippen molar-refractivity contribution in [3.63, 3.8) is 0 Å². The molecule has 0 aromatic carbocycles. The predicted molar refractivity (Wildman–Crippen MR) is 66.8 cm³/mol. The predicted octanol–water partition coefficient (Wildman–Crippen LogP) is 3.05. The topological polar surface area (TPSA) is 35.5 Å². The first-order valence-electron chi connectivity index (χ1n) is 5.78. The first-order chi connectivity index (χ1) is 7.33. The summed E-state index contributed by atoms with van der Waals surface area (Å²) in [5.74, 6) is -0.237. The lowest BCUT2D eigenvalue weighted by atomic mass is 9.95. The van der Waals surface area contributed by atoms with Crippen LogP contribution in [0.2, 0.25) is 0 Å². The second kappa shape index (κ2) is 5.05. The molecule has 3 nitrogen and oxygen atoms in total. The minimum Gasteiger partial charge on any atom is -0.456 e. The summed E-state index contributed by atoms with van der Waals surface area (Å²) >= 11 is 3.10. The number of carbonyl (C=O) groups excluding carboxylic acids is 1. The van der Waals surface area contributed by atoms with Crippen LogP contribution in [-0.2, 0) is 14.3 Å². The average Bonchev–Trinajstić information content (AvgIpc) is 2.62. The normalized spacial score (nSPS) is 30.4. The molecule has 94 valence electrons. The molecular formula is C12H21BrO3. The molecule has 2 unspecified atom stereocenters. The molecule has 16 heavy (non-hydrogen) atoms. The van der Waals surface area contributed by atoms with Gasteiger partial charge in [0.15, 0.2) is 0 Å². The second-order valence-corrected chi connectivity index (χ2v) is 5.72. The van der Waals surface area contributed by atoms with E-state index in [9.17, 15) is 4.79 Å². The van der Waals surface area contributed by atoms with Gasteiger partial charge in [-0.05, 0) is 40.0 Å². The zero-order valence-electron chi connectivity index (χ0n) is 10.5. The van der Waals surface area contributed by atoms with Crippen LogP contribution in [0.5, 0.6) is 0 Å². The first kappa shape index (κ1) is 14.0. The molecule has 1 aliphatic rings. The van der Waals surface area contributed by atoms with Gasteiger partial charge < -0.3 is 9.47 Å². The Hall–Kier alpha value is -0.0900. The number of halogens is 1. The van der Waals surface area contributed by atoms with Crippen molar-refractivity contribution in [2.45, 2.75) is 64.3 Å². The van der Waals surface area contributed by atoms with E-state index in [0.717, 1.165) is 19.3 Å². The van der Waals surface area contributed by atoms with Crippen molar-refractivity contribution in [3.05, 3.63) is 0 Å². The summed E-state index contributed by atoms with van der Waals surface area (Å²) in [7, 11) is 0. The average molecular weight is 293 g/mol. The van der Waals surface area contributed by atoms with E-state index in [1.165, 1.54) is 0 Å². The molecule has 0 saturated carbocycles. The Morgan fingerprint density at radius 2 is 2.25 bits per heavy atom. The third-order valence-electron chi connectivity index (χ3n) is 3.37. The zero-order chi connectivity index (χ0) is 12.4. The van der Waals surface area contributed by atoms with Gasteiger partial charge in [0.25, 0.3) is 0 Å². The van der Waals surface area contributed by atoms with Crippen molar-refractivity contribution in [2.24, 2.45) is 0 Å². The maximum absolute atomic E-state index is 11.3. The highest BCUT2D eigenvalue weighted by Gasteiger charge is 2.44. The molecule has 1 rings (SSSR count). The molecule has 0 bridgehead atoms. The molecule has 4 heteroatoms. The fraction of sp³-hybridized carbons (Fsp3) is 0.917. The van der Waals surface area contributed by atoms with Gasteiger partial charge in [-0.1, -0.05) is 22.9 Å². The highest BCUT2D eigenvalue weighted by atomic mass is 79.9. The molecule has 0 spiro atoms. The largest absolute Gasteiger partial charge is 0.456 e. The lowest BCUT2D eigenvalue weighted by Crippen LogP contribution is -2.42. The van der Waals surface area contributed by atoms with E-state index < -0.39 is 5.60 Å². The molecule has 2 atom stereocenters. The monoisotopic (exact) mass is 292 g/mol. The van der Waals surface area contributed by atoms with Crippen LogP contribution in [0.1, 0.15) is 47.0 Å². The lowest BCUT2D eigenvalue weighted by Gasteiger charge is -2.33. The quantitative estimate of drug-likeness (QED) is 0.590. The van der Waals surface area contributed by atoms with Crippen LogP contribution in [0, 0.1) is 0 Å². The van der Waals surface area contributed by atoms with Crippen LogP contribution in [0.3, 0.4) is 0 Å². The SMILES string of the molecule is CCC1(C)CCC(C(C)(C)OC(=O)CBr)O1. The number of ether oxygens (including phenoxy) is 2. The molecule has 0 radical (unpaired) electrons. The molecule has 1 heterocycles. The summed E-state index contributed by atoms with van der Waals surface area (Å²) in [5.41, 5.74) is -0.597. The number of esters is 1. The molecule has 0 amide bonds. The van der Waals surface area contributed by atoms with Crippen molar-refractivity contribution in [1.82, 2.24) is 0 Å². The van der Waals surface area contributed by atoms with E-state index >= 15 is 0 Å². The Morgan fingerprint density at radius 1 is 1.62 bits per heavy atom. The summed E-state index contributed by atoms with van der Waals surface area (Å²) in [4.78, 5) is 11.3. The molecule has 0 N–H and O–H groups in total. The van der Waals surface area contributed by atoms with Gasteiger partial charge in [0.05, 0.1) is 11.7 Å². The van der Waals surface area contributed by atoms with Crippen molar-refractivity contribution in [3.8, 4) is 0 Å². The van der Waals surface area contributed by atoms with Crippen molar-refractivity contribution < 1.29 is 14.3 Å². The number of rotatable bonds is 4. The van der Waals surface area contributed by atoms with Crippen LogP contribution < -0.4 is 0 Å². The standard InChI is InChI=1S/C12H21BrO3/c1-5-12(4)7-6-9(15-12)11(2,3)16-10(14)8-13/h9H,5-8H2,1-4H3. The van der Waals surface area contributed by atoms with Crippen molar-refractivity contribution in [1.29, 1.82) is 0 Å². The minimum absolute atomic E-state index is 0.000417. The molecule has 0 aromatic rings. The molecule has 1 aliphatic heterocycles. The highest BCUT2D eigenvalue weighted by molar-refractivity contribution is 9.09. The summed E-state index contributed by atoms with van der Waals surface area (Å²) in [6.07, 6.45) is 2.97. The summed E-state index contributed by atoms with van der Waals surface area (Å²) in [6.45, 7) is 8.08. The molecule has 1 saturated heterocycles. The Balaban J connectivity index is 2.61. The Labute approximate surface area is 106 Å². The van der Waals surface area contributed by atoms with Crippen molar-refractivity contribution in [2.75, 3.05) is 5.33 Å². The van der Waals surface area contributed by atoms with Gasteiger partial charge in [0.2, 0.25) is 0 Å². The number of hydrogen-bond acceptors (Lipinski definition) is 3. The van der Waals surface area contributed by atoms with E-state index in [1.54, 1.807) is 0 Å². The van der Waals surface area contributed by atoms with Gasteiger partial charge in [-0.25, -0.2) is 0 Å². The fourth-order valence-electron chi connectivity index (χ4n) is 2.03. The Bertz CT molecular complexity index is 265. The molecular weight excluding hydrogens is 272 g/mol. The summed E-state index contributed by atoms with van der Waals surface area (Å²) in [5, 5.41) is 0.230. The van der Waals surface area contributed by atoms with Gasteiger partial charge in [-0.15, -0.1) is 0 Å². The van der Waals surface area contributed by atoms with Crippen molar-refractivity contribution >= 4 is 21.9 Å². The Morgan fingerprint density at radius 3 is 2.69 bits per heavy atom. The van der Waals surface area contributed by atoms with Crippen LogP contribution in [0.4, 0.5) is 0 Å². The molecule has 0 aromatic heterocycles. The maximum Gasteiger partial charge on any atom is 0.317 e. The lowest BCUT2D eigenvalue weighted by molar-refractivity contribution is -0.173. The minimum atomic E-state index is -0.544. The second-order valence-electron chi connectivity index (χ2n) is 5.16. The molecule has 0 aliphatic carbocycles. The van der Waals surface area contributed by atoms with Crippen LogP contribution in [-0.4, -0.2) is 28.6 Å². The smallest absolute Gasteiger partial charge is 0.317 e. The number of alkyl halides is 1. The fourth-order valence-corrected chi connectivity index (χ4v) is 2.15. The highest BCUT2D eigenvalue weighted by Crippen LogP contribution is 2.38. The van der Waals surface area contributed by atoms with Gasteiger partial charge in [0.1, 0.15) is 10.9 Å². The van der Waals surface area contributed by atoms with E-state index in [4.69, 9.17) is 9.47 Å². The van der Waals surface area contributed by atoms with Crippen LogP contribution >= 0.6 is 15.9 Å². The van der Waals surface area contributed by atoms with E-state index in [1.807, 2.05) is 13.8 Å².